The smallest absolute Gasteiger partial charge is 0.0456 e. The van der Waals surface area contributed by atoms with Crippen molar-refractivity contribution in [1.82, 2.24) is 5.32 Å². The van der Waals surface area contributed by atoms with Gasteiger partial charge >= 0.3 is 0 Å². The average molecular weight is 266 g/mol. The highest BCUT2D eigenvalue weighted by molar-refractivity contribution is 5.67. The second kappa shape index (κ2) is 5.68. The Labute approximate surface area is 121 Å². The van der Waals surface area contributed by atoms with Crippen molar-refractivity contribution >= 4 is 11.4 Å². The zero-order chi connectivity index (χ0) is 13.9. The Bertz CT molecular complexity index is 587. The standard InChI is InChI=1S/C18H22N2/c1-3-14-7-9-16(10-8-14)20(2)18-6-4-5-15-11-12-19-13-17(15)18/h4-10,19H,3,11-13H2,1-2H3. The summed E-state index contributed by atoms with van der Waals surface area (Å²) in [7, 11) is 2.16. The lowest BCUT2D eigenvalue weighted by Crippen LogP contribution is -2.26. The summed E-state index contributed by atoms with van der Waals surface area (Å²) >= 11 is 0. The monoisotopic (exact) mass is 266 g/mol. The van der Waals surface area contributed by atoms with Crippen LogP contribution in [0.15, 0.2) is 42.5 Å². The van der Waals surface area contributed by atoms with Gasteiger partial charge in [-0.1, -0.05) is 31.2 Å². The van der Waals surface area contributed by atoms with Gasteiger partial charge in [0.05, 0.1) is 0 Å². The van der Waals surface area contributed by atoms with Crippen molar-refractivity contribution in [1.29, 1.82) is 0 Å². The molecule has 20 heavy (non-hydrogen) atoms. The Morgan fingerprint density at radius 1 is 1.10 bits per heavy atom. The number of rotatable bonds is 3. The maximum atomic E-state index is 3.48. The average Bonchev–Trinajstić information content (AvgIpc) is 2.54. The van der Waals surface area contributed by atoms with Crippen LogP contribution in [0.4, 0.5) is 11.4 Å². The Hall–Kier alpha value is -1.80. The van der Waals surface area contributed by atoms with Gasteiger partial charge in [-0.05, 0) is 54.3 Å². The lowest BCUT2D eigenvalue weighted by atomic mass is 9.98. The highest BCUT2D eigenvalue weighted by Gasteiger charge is 2.15. The first-order valence-corrected chi connectivity index (χ1v) is 7.43. The van der Waals surface area contributed by atoms with Gasteiger partial charge in [0.15, 0.2) is 0 Å². The summed E-state index contributed by atoms with van der Waals surface area (Å²) in [5.41, 5.74) is 6.89. The van der Waals surface area contributed by atoms with E-state index >= 15 is 0 Å². The zero-order valence-corrected chi connectivity index (χ0v) is 12.3. The molecule has 0 radical (unpaired) electrons. The van der Waals surface area contributed by atoms with Gasteiger partial charge in [0.2, 0.25) is 0 Å². The SMILES string of the molecule is CCc1ccc(N(C)c2cccc3c2CNCC3)cc1. The van der Waals surface area contributed by atoms with Gasteiger partial charge in [0.1, 0.15) is 0 Å². The van der Waals surface area contributed by atoms with Crippen LogP contribution in [0.1, 0.15) is 23.6 Å². The van der Waals surface area contributed by atoms with E-state index in [1.807, 2.05) is 0 Å². The van der Waals surface area contributed by atoms with E-state index in [0.29, 0.717) is 0 Å². The molecule has 2 aromatic rings. The van der Waals surface area contributed by atoms with Crippen LogP contribution in [0.25, 0.3) is 0 Å². The van der Waals surface area contributed by atoms with Crippen molar-refractivity contribution in [3.05, 3.63) is 59.2 Å². The predicted molar refractivity (Wildman–Crippen MR) is 85.7 cm³/mol. The van der Waals surface area contributed by atoms with Crippen molar-refractivity contribution in [3.63, 3.8) is 0 Å². The third-order valence-electron chi connectivity index (χ3n) is 4.21. The van der Waals surface area contributed by atoms with Gasteiger partial charge in [-0.3, -0.25) is 0 Å². The van der Waals surface area contributed by atoms with Crippen LogP contribution >= 0.6 is 0 Å². The molecule has 2 heteroatoms. The number of anilines is 2. The molecule has 2 nitrogen and oxygen atoms in total. The molecule has 1 aliphatic heterocycles. The third-order valence-corrected chi connectivity index (χ3v) is 4.21. The van der Waals surface area contributed by atoms with E-state index in [2.05, 4.69) is 66.7 Å². The van der Waals surface area contributed by atoms with Gasteiger partial charge in [-0.2, -0.15) is 0 Å². The van der Waals surface area contributed by atoms with Crippen LogP contribution in [0.5, 0.6) is 0 Å². The fraction of sp³-hybridized carbons (Fsp3) is 0.333. The number of nitrogens with zero attached hydrogens (tertiary/aromatic N) is 1. The molecule has 0 saturated heterocycles. The third kappa shape index (κ3) is 2.44. The minimum Gasteiger partial charge on any atom is -0.344 e. The van der Waals surface area contributed by atoms with E-state index in [1.165, 1.54) is 28.1 Å². The van der Waals surface area contributed by atoms with Gasteiger partial charge in [-0.15, -0.1) is 0 Å². The van der Waals surface area contributed by atoms with E-state index in [1.54, 1.807) is 0 Å². The fourth-order valence-corrected chi connectivity index (χ4v) is 2.90. The largest absolute Gasteiger partial charge is 0.344 e. The van der Waals surface area contributed by atoms with Gasteiger partial charge in [0.25, 0.3) is 0 Å². The minimum atomic E-state index is 0.975. The molecular formula is C18H22N2. The summed E-state index contributed by atoms with van der Waals surface area (Å²) in [5.74, 6) is 0. The predicted octanol–water partition coefficient (Wildman–Crippen LogP) is 3.66. The summed E-state index contributed by atoms with van der Waals surface area (Å²) < 4.78 is 0. The Kier molecular flexibility index (Phi) is 3.75. The summed E-state index contributed by atoms with van der Waals surface area (Å²) in [5, 5.41) is 3.48. The van der Waals surface area contributed by atoms with Crippen LogP contribution < -0.4 is 10.2 Å². The Morgan fingerprint density at radius 3 is 2.65 bits per heavy atom. The molecular weight excluding hydrogens is 244 g/mol. The fourth-order valence-electron chi connectivity index (χ4n) is 2.90. The number of benzene rings is 2. The summed E-state index contributed by atoms with van der Waals surface area (Å²) in [6.45, 7) is 4.26. The lowest BCUT2D eigenvalue weighted by molar-refractivity contribution is 0.643. The summed E-state index contributed by atoms with van der Waals surface area (Å²) in [6, 6.07) is 15.5. The first-order chi connectivity index (χ1) is 9.79. The number of nitrogens with one attached hydrogen (secondary N) is 1. The van der Waals surface area contributed by atoms with Crippen LogP contribution in [0.2, 0.25) is 0 Å². The molecule has 1 aliphatic rings. The van der Waals surface area contributed by atoms with Gasteiger partial charge < -0.3 is 10.2 Å². The molecule has 0 amide bonds. The summed E-state index contributed by atoms with van der Waals surface area (Å²) in [4.78, 5) is 2.30. The quantitative estimate of drug-likeness (QED) is 0.912. The van der Waals surface area contributed by atoms with Crippen molar-refractivity contribution in [2.75, 3.05) is 18.5 Å². The van der Waals surface area contributed by atoms with Crippen molar-refractivity contribution in [2.24, 2.45) is 0 Å². The second-order valence-corrected chi connectivity index (χ2v) is 5.42. The van der Waals surface area contributed by atoms with E-state index in [0.717, 1.165) is 25.9 Å². The molecule has 104 valence electrons. The first kappa shape index (κ1) is 13.2. The summed E-state index contributed by atoms with van der Waals surface area (Å²) in [6.07, 6.45) is 2.22. The Balaban J connectivity index is 1.95. The van der Waals surface area contributed by atoms with Crippen molar-refractivity contribution in [2.45, 2.75) is 26.3 Å². The molecule has 0 fully saturated rings. The van der Waals surface area contributed by atoms with E-state index in [9.17, 15) is 0 Å². The van der Waals surface area contributed by atoms with Crippen LogP contribution in [0.3, 0.4) is 0 Å². The minimum absolute atomic E-state index is 0.975. The van der Waals surface area contributed by atoms with E-state index in [-0.39, 0.29) is 0 Å². The molecule has 1 N–H and O–H groups in total. The van der Waals surface area contributed by atoms with Crippen LogP contribution in [-0.2, 0) is 19.4 Å². The number of fused-ring (bicyclic) bond motifs is 1. The molecule has 0 atom stereocenters. The van der Waals surface area contributed by atoms with E-state index < -0.39 is 0 Å². The molecule has 0 saturated carbocycles. The molecule has 0 unspecified atom stereocenters. The van der Waals surface area contributed by atoms with E-state index in [4.69, 9.17) is 0 Å². The van der Waals surface area contributed by atoms with Crippen molar-refractivity contribution in [3.8, 4) is 0 Å². The zero-order valence-electron chi connectivity index (χ0n) is 12.3. The van der Waals surface area contributed by atoms with Gasteiger partial charge in [-0.25, -0.2) is 0 Å². The molecule has 0 spiro atoms. The van der Waals surface area contributed by atoms with Crippen LogP contribution in [-0.4, -0.2) is 13.6 Å². The maximum Gasteiger partial charge on any atom is 0.0456 e. The van der Waals surface area contributed by atoms with Crippen LogP contribution in [0, 0.1) is 0 Å². The number of aryl methyl sites for hydroxylation is 1. The second-order valence-electron chi connectivity index (χ2n) is 5.42. The molecule has 0 aliphatic carbocycles. The maximum absolute atomic E-state index is 3.48. The highest BCUT2D eigenvalue weighted by Crippen LogP contribution is 2.30. The number of hydrogen-bond donors (Lipinski definition) is 1. The topological polar surface area (TPSA) is 15.3 Å². The Morgan fingerprint density at radius 2 is 1.90 bits per heavy atom. The van der Waals surface area contributed by atoms with Crippen molar-refractivity contribution < 1.29 is 0 Å². The lowest BCUT2D eigenvalue weighted by Gasteiger charge is -2.27. The normalized spacial score (nSPS) is 13.9. The number of hydrogen-bond acceptors (Lipinski definition) is 2. The first-order valence-electron chi connectivity index (χ1n) is 7.43. The molecule has 3 rings (SSSR count). The highest BCUT2D eigenvalue weighted by atomic mass is 15.1. The molecule has 1 heterocycles. The molecule has 0 aromatic heterocycles. The molecule has 2 aromatic carbocycles. The molecule has 0 bridgehead atoms. The van der Waals surface area contributed by atoms with Gasteiger partial charge in [0, 0.05) is 25.0 Å².